The summed E-state index contributed by atoms with van der Waals surface area (Å²) < 4.78 is 3.50. The van der Waals surface area contributed by atoms with E-state index in [0.717, 1.165) is 14.7 Å². The summed E-state index contributed by atoms with van der Waals surface area (Å²) in [5.41, 5.74) is 0.891. The summed E-state index contributed by atoms with van der Waals surface area (Å²) in [5, 5.41) is 7.55. The molecule has 0 spiro atoms. The van der Waals surface area contributed by atoms with Gasteiger partial charge in [-0.15, -0.1) is 0 Å². The molecule has 20 heavy (non-hydrogen) atoms. The first-order valence-electron chi connectivity index (χ1n) is 5.99. The second-order valence-electron chi connectivity index (χ2n) is 4.29. The molecule has 0 fully saturated rings. The number of carbonyl (C=O) groups excluding carboxylic acids is 1. The molecule has 3 aromatic rings. The summed E-state index contributed by atoms with van der Waals surface area (Å²) >= 11 is 4.78. The highest BCUT2D eigenvalue weighted by atomic mass is 79.9. The van der Waals surface area contributed by atoms with Gasteiger partial charge in [-0.2, -0.15) is 5.10 Å². The predicted octanol–water partition coefficient (Wildman–Crippen LogP) is 3.46. The molecule has 1 atom stereocenters. The standard InChI is InChI=1S/C13H11BrN4OS/c1-8(18-7-9(14)6-15-18)12(19)17-13-16-10-4-2-3-5-11(10)20-13/h2-8H,1H3,(H,16,17,19). The van der Waals surface area contributed by atoms with E-state index in [1.54, 1.807) is 24.0 Å². The van der Waals surface area contributed by atoms with Gasteiger partial charge in [0.25, 0.3) is 5.91 Å². The Morgan fingerprint density at radius 2 is 2.25 bits per heavy atom. The quantitative estimate of drug-likeness (QED) is 0.786. The number of anilines is 1. The van der Waals surface area contributed by atoms with Gasteiger partial charge in [-0.25, -0.2) is 4.98 Å². The molecule has 2 heterocycles. The Kier molecular flexibility index (Phi) is 3.54. The lowest BCUT2D eigenvalue weighted by Gasteiger charge is -2.10. The van der Waals surface area contributed by atoms with Crippen LogP contribution in [0.4, 0.5) is 5.13 Å². The normalized spacial score (nSPS) is 12.5. The molecule has 0 bridgehead atoms. The van der Waals surface area contributed by atoms with Crippen molar-refractivity contribution in [2.75, 3.05) is 5.32 Å². The van der Waals surface area contributed by atoms with Gasteiger partial charge in [0.15, 0.2) is 5.13 Å². The number of amides is 1. The second-order valence-corrected chi connectivity index (χ2v) is 6.24. The van der Waals surface area contributed by atoms with Gasteiger partial charge in [0, 0.05) is 6.20 Å². The summed E-state index contributed by atoms with van der Waals surface area (Å²) in [6, 6.07) is 7.40. The number of rotatable bonds is 3. The van der Waals surface area contributed by atoms with E-state index in [-0.39, 0.29) is 5.91 Å². The number of para-hydroxylation sites is 1. The highest BCUT2D eigenvalue weighted by Gasteiger charge is 2.17. The number of hydrogen-bond donors (Lipinski definition) is 1. The first kappa shape index (κ1) is 13.3. The van der Waals surface area contributed by atoms with Crippen LogP contribution in [0.15, 0.2) is 41.1 Å². The maximum absolute atomic E-state index is 12.2. The van der Waals surface area contributed by atoms with Crippen molar-refractivity contribution in [1.29, 1.82) is 0 Å². The lowest BCUT2D eigenvalue weighted by atomic mass is 10.3. The summed E-state index contributed by atoms with van der Waals surface area (Å²) in [6.45, 7) is 1.79. The number of halogens is 1. The SMILES string of the molecule is CC(C(=O)Nc1nc2ccccc2s1)n1cc(Br)cn1. The molecule has 0 saturated carbocycles. The molecule has 0 aliphatic rings. The number of carbonyl (C=O) groups is 1. The Balaban J connectivity index is 1.78. The first-order chi connectivity index (χ1) is 9.63. The fourth-order valence-corrected chi connectivity index (χ4v) is 2.95. The minimum absolute atomic E-state index is 0.139. The smallest absolute Gasteiger partial charge is 0.250 e. The predicted molar refractivity (Wildman–Crippen MR) is 82.9 cm³/mol. The van der Waals surface area contributed by atoms with Crippen molar-refractivity contribution < 1.29 is 4.79 Å². The molecule has 2 aromatic heterocycles. The van der Waals surface area contributed by atoms with Gasteiger partial charge in [-0.05, 0) is 35.0 Å². The van der Waals surface area contributed by atoms with Crippen molar-refractivity contribution in [2.45, 2.75) is 13.0 Å². The van der Waals surface area contributed by atoms with Crippen molar-refractivity contribution in [3.05, 3.63) is 41.1 Å². The van der Waals surface area contributed by atoms with Crippen molar-refractivity contribution in [3.63, 3.8) is 0 Å². The highest BCUT2D eigenvalue weighted by Crippen LogP contribution is 2.26. The van der Waals surface area contributed by atoms with Gasteiger partial charge >= 0.3 is 0 Å². The van der Waals surface area contributed by atoms with Crippen LogP contribution in [0.25, 0.3) is 10.2 Å². The molecule has 0 aliphatic carbocycles. The van der Waals surface area contributed by atoms with Gasteiger partial charge in [0.2, 0.25) is 0 Å². The zero-order chi connectivity index (χ0) is 14.1. The summed E-state index contributed by atoms with van der Waals surface area (Å²) in [7, 11) is 0. The van der Waals surface area contributed by atoms with Crippen molar-refractivity contribution in [2.24, 2.45) is 0 Å². The van der Waals surface area contributed by atoms with Crippen molar-refractivity contribution in [1.82, 2.24) is 14.8 Å². The molecule has 0 saturated heterocycles. The Hall–Kier alpha value is -1.73. The van der Waals surface area contributed by atoms with Crippen LogP contribution in [0, 0.1) is 0 Å². The zero-order valence-electron chi connectivity index (χ0n) is 10.6. The minimum atomic E-state index is -0.395. The van der Waals surface area contributed by atoms with Crippen LogP contribution >= 0.6 is 27.3 Å². The van der Waals surface area contributed by atoms with E-state index in [1.165, 1.54) is 11.3 Å². The van der Waals surface area contributed by atoms with Crippen LogP contribution in [0.3, 0.4) is 0 Å². The molecule has 5 nitrogen and oxygen atoms in total. The average molecular weight is 351 g/mol. The van der Waals surface area contributed by atoms with Gasteiger partial charge in [-0.3, -0.25) is 9.48 Å². The molecule has 0 aliphatic heterocycles. The number of hydrogen-bond acceptors (Lipinski definition) is 4. The lowest BCUT2D eigenvalue weighted by molar-refractivity contribution is -0.119. The number of thiazole rings is 1. The first-order valence-corrected chi connectivity index (χ1v) is 7.60. The highest BCUT2D eigenvalue weighted by molar-refractivity contribution is 9.10. The fourth-order valence-electron chi connectivity index (χ4n) is 1.78. The maximum atomic E-state index is 12.2. The van der Waals surface area contributed by atoms with Crippen LogP contribution in [0.5, 0.6) is 0 Å². The molecule has 1 unspecified atom stereocenters. The molecule has 1 amide bonds. The van der Waals surface area contributed by atoms with Crippen LogP contribution < -0.4 is 5.32 Å². The third-order valence-electron chi connectivity index (χ3n) is 2.87. The number of nitrogens with zero attached hydrogens (tertiary/aromatic N) is 3. The molecular formula is C13H11BrN4OS. The molecule has 7 heteroatoms. The summed E-state index contributed by atoms with van der Waals surface area (Å²) in [4.78, 5) is 16.6. The Morgan fingerprint density at radius 3 is 2.95 bits per heavy atom. The van der Waals surface area contributed by atoms with Gasteiger partial charge in [0.05, 0.1) is 20.9 Å². The van der Waals surface area contributed by atoms with E-state index >= 15 is 0 Å². The Bertz CT molecular complexity index is 733. The average Bonchev–Trinajstić information content (AvgIpc) is 3.03. The van der Waals surface area contributed by atoms with E-state index in [1.807, 2.05) is 24.3 Å². The van der Waals surface area contributed by atoms with E-state index in [2.05, 4.69) is 31.3 Å². The van der Waals surface area contributed by atoms with E-state index in [9.17, 15) is 4.79 Å². The van der Waals surface area contributed by atoms with Crippen LogP contribution in [-0.2, 0) is 4.79 Å². The largest absolute Gasteiger partial charge is 0.300 e. The van der Waals surface area contributed by atoms with Gasteiger partial charge < -0.3 is 5.32 Å². The third kappa shape index (κ3) is 2.59. The number of aromatic nitrogens is 3. The van der Waals surface area contributed by atoms with E-state index in [0.29, 0.717) is 5.13 Å². The number of benzene rings is 1. The number of nitrogens with one attached hydrogen (secondary N) is 1. The molecule has 1 N–H and O–H groups in total. The Labute approximate surface area is 127 Å². The van der Waals surface area contributed by atoms with Crippen LogP contribution in [0.2, 0.25) is 0 Å². The van der Waals surface area contributed by atoms with Gasteiger partial charge in [0.1, 0.15) is 6.04 Å². The van der Waals surface area contributed by atoms with Gasteiger partial charge in [-0.1, -0.05) is 23.5 Å². The second kappa shape index (κ2) is 5.34. The van der Waals surface area contributed by atoms with Crippen LogP contribution in [-0.4, -0.2) is 20.7 Å². The van der Waals surface area contributed by atoms with Crippen LogP contribution in [0.1, 0.15) is 13.0 Å². The molecule has 0 radical (unpaired) electrons. The zero-order valence-corrected chi connectivity index (χ0v) is 13.0. The van der Waals surface area contributed by atoms with Crippen molar-refractivity contribution in [3.8, 4) is 0 Å². The van der Waals surface area contributed by atoms with Crippen molar-refractivity contribution >= 4 is 48.5 Å². The van der Waals surface area contributed by atoms with E-state index < -0.39 is 6.04 Å². The monoisotopic (exact) mass is 350 g/mol. The fraction of sp³-hybridized carbons (Fsp3) is 0.154. The summed E-state index contributed by atoms with van der Waals surface area (Å²) in [6.07, 6.45) is 3.42. The topological polar surface area (TPSA) is 59.8 Å². The molecule has 102 valence electrons. The molecule has 3 rings (SSSR count). The summed E-state index contributed by atoms with van der Waals surface area (Å²) in [5.74, 6) is -0.139. The molecule has 1 aromatic carbocycles. The Morgan fingerprint density at radius 1 is 1.45 bits per heavy atom. The maximum Gasteiger partial charge on any atom is 0.250 e. The lowest BCUT2D eigenvalue weighted by Crippen LogP contribution is -2.23. The molecular weight excluding hydrogens is 340 g/mol. The van der Waals surface area contributed by atoms with E-state index in [4.69, 9.17) is 0 Å². The minimum Gasteiger partial charge on any atom is -0.300 e. The third-order valence-corrected chi connectivity index (χ3v) is 4.23. The number of fused-ring (bicyclic) bond motifs is 1.